The minimum Gasteiger partial charge on any atom is -0.494 e. The maximum atomic E-state index is 13.1. The Morgan fingerprint density at radius 2 is 1.65 bits per heavy atom. The molecule has 1 aliphatic heterocycles. The molecule has 0 radical (unpaired) electrons. The number of anilines is 2. The van der Waals surface area contributed by atoms with Crippen molar-refractivity contribution in [2.45, 2.75) is 0 Å². The van der Waals surface area contributed by atoms with E-state index in [1.165, 1.54) is 0 Å². The number of nitrogens with zero attached hydrogens (tertiary/aromatic N) is 3. The minimum absolute atomic E-state index is 0.108. The molecule has 1 amide bonds. The number of carbonyl (C=O) groups excluding carboxylic acids is 1. The number of aromatic hydroxyl groups is 1. The van der Waals surface area contributed by atoms with Crippen molar-refractivity contribution in [3.05, 3.63) is 77.2 Å². The lowest BCUT2D eigenvalue weighted by atomic mass is 10.1. The average molecular weight is 495 g/mol. The maximum absolute atomic E-state index is 13.1. The summed E-state index contributed by atoms with van der Waals surface area (Å²) < 4.78 is 0. The number of hydrogen-bond acceptors (Lipinski definition) is 6. The van der Waals surface area contributed by atoms with E-state index in [0.717, 1.165) is 37.4 Å². The van der Waals surface area contributed by atoms with Gasteiger partial charge in [-0.1, -0.05) is 18.2 Å². The van der Waals surface area contributed by atoms with Gasteiger partial charge in [0.1, 0.15) is 5.69 Å². The lowest BCUT2D eigenvalue weighted by Gasteiger charge is -2.34. The van der Waals surface area contributed by atoms with Crippen molar-refractivity contribution in [2.75, 3.05) is 43.4 Å². The molecule has 0 atom stereocenters. The summed E-state index contributed by atoms with van der Waals surface area (Å²) in [5, 5.41) is 18.2. The van der Waals surface area contributed by atoms with E-state index >= 15 is 0 Å². The normalized spacial score (nSPS) is 14.4. The molecule has 9 heteroatoms. The van der Waals surface area contributed by atoms with Gasteiger partial charge in [0.2, 0.25) is 0 Å². The average Bonchev–Trinajstić information content (AvgIpc) is 3.45. The van der Waals surface area contributed by atoms with Gasteiger partial charge in [-0.05, 0) is 60.8 Å². The number of aromatic amines is 2. The Morgan fingerprint density at radius 1 is 0.919 bits per heavy atom. The Balaban J connectivity index is 1.29. The van der Waals surface area contributed by atoms with E-state index in [1.54, 1.807) is 24.3 Å². The van der Waals surface area contributed by atoms with Crippen molar-refractivity contribution < 1.29 is 9.90 Å². The number of piperazine rings is 1. The highest BCUT2D eigenvalue weighted by atomic mass is 16.3. The van der Waals surface area contributed by atoms with Crippen LogP contribution < -0.4 is 10.2 Å². The molecule has 0 saturated carbocycles. The van der Waals surface area contributed by atoms with E-state index < -0.39 is 0 Å². The van der Waals surface area contributed by atoms with E-state index in [1.807, 2.05) is 42.5 Å². The van der Waals surface area contributed by atoms with Gasteiger partial charge in [-0.15, -0.1) is 4.91 Å². The van der Waals surface area contributed by atoms with Gasteiger partial charge in [0, 0.05) is 64.9 Å². The predicted molar refractivity (Wildman–Crippen MR) is 147 cm³/mol. The summed E-state index contributed by atoms with van der Waals surface area (Å²) in [6.07, 6.45) is 0. The Hall–Kier alpha value is -4.63. The monoisotopic (exact) mass is 494 g/mol. The first-order valence-corrected chi connectivity index (χ1v) is 12.2. The second kappa shape index (κ2) is 9.11. The van der Waals surface area contributed by atoms with Gasteiger partial charge in [0.05, 0.1) is 11.3 Å². The SMILES string of the molecule is CN1CCN(c2ccc(NC(=O)c3ccc4[nH]c(O)c(-c5[nH]c6ccccc6c5N=O)c4c3)cc2)CC1. The van der Waals surface area contributed by atoms with E-state index in [-0.39, 0.29) is 17.5 Å². The van der Waals surface area contributed by atoms with Crippen LogP contribution in [0, 0.1) is 4.91 Å². The molecule has 0 aliphatic carbocycles. The summed E-state index contributed by atoms with van der Waals surface area (Å²) in [4.78, 5) is 35.6. The van der Waals surface area contributed by atoms with Crippen LogP contribution in [0.4, 0.5) is 17.1 Å². The van der Waals surface area contributed by atoms with Crippen molar-refractivity contribution in [3.8, 4) is 17.1 Å². The number of nitroso groups, excluding NO2 is 1. The van der Waals surface area contributed by atoms with Crippen LogP contribution in [-0.2, 0) is 0 Å². The van der Waals surface area contributed by atoms with Gasteiger partial charge >= 0.3 is 0 Å². The second-order valence-corrected chi connectivity index (χ2v) is 9.39. The van der Waals surface area contributed by atoms with Crippen LogP contribution >= 0.6 is 0 Å². The minimum atomic E-state index is -0.272. The van der Waals surface area contributed by atoms with Crippen LogP contribution in [0.1, 0.15) is 10.4 Å². The molecule has 1 fully saturated rings. The first-order chi connectivity index (χ1) is 18.0. The quantitative estimate of drug-likeness (QED) is 0.243. The van der Waals surface area contributed by atoms with E-state index in [9.17, 15) is 14.8 Å². The lowest BCUT2D eigenvalue weighted by molar-refractivity contribution is 0.102. The molecule has 6 rings (SSSR count). The van der Waals surface area contributed by atoms with Crippen molar-refractivity contribution >= 4 is 44.8 Å². The summed E-state index contributed by atoms with van der Waals surface area (Å²) in [7, 11) is 2.13. The fraction of sp³-hybridized carbons (Fsp3) is 0.179. The molecule has 1 aliphatic rings. The zero-order valence-corrected chi connectivity index (χ0v) is 20.3. The summed E-state index contributed by atoms with van der Waals surface area (Å²) >= 11 is 0. The smallest absolute Gasteiger partial charge is 0.255 e. The highest BCUT2D eigenvalue weighted by Crippen LogP contribution is 2.44. The third-order valence-corrected chi connectivity index (χ3v) is 7.05. The molecule has 9 nitrogen and oxygen atoms in total. The third-order valence-electron chi connectivity index (χ3n) is 7.05. The van der Waals surface area contributed by atoms with Gasteiger partial charge in [0.15, 0.2) is 5.88 Å². The highest BCUT2D eigenvalue weighted by molar-refractivity contribution is 6.11. The Morgan fingerprint density at radius 3 is 2.41 bits per heavy atom. The number of H-pyrrole nitrogens is 2. The molecule has 2 aromatic heterocycles. The zero-order valence-electron chi connectivity index (χ0n) is 20.3. The molecule has 37 heavy (non-hydrogen) atoms. The molecule has 4 N–H and O–H groups in total. The molecule has 5 aromatic rings. The first kappa shape index (κ1) is 22.8. The number of amides is 1. The Labute approximate surface area is 212 Å². The van der Waals surface area contributed by atoms with Crippen LogP contribution in [0.5, 0.6) is 5.88 Å². The number of para-hydroxylation sites is 1. The molecular weight excluding hydrogens is 468 g/mol. The van der Waals surface area contributed by atoms with E-state index in [2.05, 4.69) is 37.3 Å². The molecule has 186 valence electrons. The number of carbonyl (C=O) groups is 1. The molecule has 0 unspecified atom stereocenters. The zero-order chi connectivity index (χ0) is 25.5. The summed E-state index contributed by atoms with van der Waals surface area (Å²) in [6.45, 7) is 4.01. The number of fused-ring (bicyclic) bond motifs is 2. The molecular formula is C28H26N6O3. The van der Waals surface area contributed by atoms with Gasteiger partial charge in [-0.25, -0.2) is 0 Å². The number of aromatic nitrogens is 2. The summed E-state index contributed by atoms with van der Waals surface area (Å²) in [5.41, 5.74) is 4.63. The molecule has 3 heterocycles. The van der Waals surface area contributed by atoms with Gasteiger partial charge < -0.3 is 30.2 Å². The number of likely N-dealkylation sites (N-methyl/N-ethyl adjacent to an activating group) is 1. The van der Waals surface area contributed by atoms with Crippen LogP contribution in [0.15, 0.2) is 71.9 Å². The van der Waals surface area contributed by atoms with Crippen LogP contribution in [0.25, 0.3) is 33.1 Å². The molecule has 0 bridgehead atoms. The Kier molecular flexibility index (Phi) is 5.61. The number of nitrogens with one attached hydrogen (secondary N) is 3. The molecule has 1 saturated heterocycles. The predicted octanol–water partition coefficient (Wildman–Crippen LogP) is 5.42. The second-order valence-electron chi connectivity index (χ2n) is 9.39. The Bertz CT molecular complexity index is 1630. The van der Waals surface area contributed by atoms with Crippen LogP contribution in [0.2, 0.25) is 0 Å². The van der Waals surface area contributed by atoms with Crippen molar-refractivity contribution in [1.82, 2.24) is 14.9 Å². The standard InChI is InChI=1S/C28H26N6O3/c1-33-12-14-34(15-13-33)19-9-7-18(8-10-19)29-27(35)17-6-11-23-21(16-17)24(28(36)31-23)26-25(32-37)20-4-2-3-5-22(20)30-26/h2-11,16,30-31,36H,12-15H2,1H3,(H,29,35). The lowest BCUT2D eigenvalue weighted by Crippen LogP contribution is -2.44. The highest BCUT2D eigenvalue weighted by Gasteiger charge is 2.22. The van der Waals surface area contributed by atoms with Crippen LogP contribution in [-0.4, -0.2) is 59.1 Å². The van der Waals surface area contributed by atoms with E-state index in [4.69, 9.17) is 0 Å². The van der Waals surface area contributed by atoms with Gasteiger partial charge in [0.25, 0.3) is 5.91 Å². The van der Waals surface area contributed by atoms with Gasteiger partial charge in [-0.2, -0.15) is 0 Å². The summed E-state index contributed by atoms with van der Waals surface area (Å²) in [6, 6.07) is 20.3. The third kappa shape index (κ3) is 4.09. The fourth-order valence-corrected chi connectivity index (χ4v) is 5.00. The van der Waals surface area contributed by atoms with E-state index in [0.29, 0.717) is 38.8 Å². The number of hydrogen-bond donors (Lipinski definition) is 4. The number of rotatable bonds is 5. The van der Waals surface area contributed by atoms with Crippen LogP contribution in [0.3, 0.4) is 0 Å². The fourth-order valence-electron chi connectivity index (χ4n) is 5.00. The molecule has 3 aromatic carbocycles. The molecule has 0 spiro atoms. The number of benzene rings is 3. The first-order valence-electron chi connectivity index (χ1n) is 12.2. The van der Waals surface area contributed by atoms with Crippen molar-refractivity contribution in [1.29, 1.82) is 0 Å². The topological polar surface area (TPSA) is 117 Å². The maximum Gasteiger partial charge on any atom is 0.255 e. The van der Waals surface area contributed by atoms with Gasteiger partial charge in [-0.3, -0.25) is 4.79 Å². The summed E-state index contributed by atoms with van der Waals surface area (Å²) in [5.74, 6) is -0.380. The van der Waals surface area contributed by atoms with Crippen molar-refractivity contribution in [2.24, 2.45) is 5.18 Å². The largest absolute Gasteiger partial charge is 0.494 e. The van der Waals surface area contributed by atoms with Crippen molar-refractivity contribution in [3.63, 3.8) is 0 Å².